The number of thiazole rings is 1. The molecule has 2 aromatic heterocycles. The van der Waals surface area contributed by atoms with Crippen molar-refractivity contribution in [3.8, 4) is 11.3 Å². The van der Waals surface area contributed by atoms with Crippen molar-refractivity contribution in [3.05, 3.63) is 114 Å². The van der Waals surface area contributed by atoms with E-state index in [4.69, 9.17) is 9.15 Å². The molecule has 4 aromatic rings. The third kappa shape index (κ3) is 4.34. The number of furan rings is 1. The summed E-state index contributed by atoms with van der Waals surface area (Å²) in [6, 6.07) is 16.9. The predicted octanol–water partition coefficient (Wildman–Crippen LogP) is 3.67. The molecule has 1 unspecified atom stereocenters. The zero-order chi connectivity index (χ0) is 26.3. The number of methoxy groups -OCH3 is 1. The van der Waals surface area contributed by atoms with Gasteiger partial charge in [0.2, 0.25) is 0 Å². The summed E-state index contributed by atoms with van der Waals surface area (Å²) in [4.78, 5) is 42.7. The Labute approximate surface area is 215 Å². The van der Waals surface area contributed by atoms with E-state index in [1.807, 2.05) is 37.3 Å². The van der Waals surface area contributed by atoms with Crippen LogP contribution in [0.1, 0.15) is 40.2 Å². The Morgan fingerprint density at radius 1 is 1.11 bits per heavy atom. The van der Waals surface area contributed by atoms with Crippen molar-refractivity contribution in [1.82, 2.24) is 4.57 Å². The number of nitrogens with zero attached hydrogens (tertiary/aromatic N) is 2. The lowest BCUT2D eigenvalue weighted by Gasteiger charge is -2.24. The topological polar surface area (TPSA) is 111 Å². The molecule has 186 valence electrons. The zero-order valence-corrected chi connectivity index (χ0v) is 21.0. The van der Waals surface area contributed by atoms with Gasteiger partial charge in [-0.1, -0.05) is 47.7 Å². The number of carbonyl (C=O) groups is 2. The number of benzene rings is 2. The Morgan fingerprint density at radius 3 is 2.57 bits per heavy atom. The van der Waals surface area contributed by atoms with Crippen molar-refractivity contribution in [2.45, 2.75) is 19.9 Å². The van der Waals surface area contributed by atoms with E-state index in [0.29, 0.717) is 37.7 Å². The van der Waals surface area contributed by atoms with E-state index in [-0.39, 0.29) is 11.1 Å². The van der Waals surface area contributed by atoms with Gasteiger partial charge in [-0.3, -0.25) is 9.36 Å². The number of carboxylic acids is 1. The first kappa shape index (κ1) is 24.2. The summed E-state index contributed by atoms with van der Waals surface area (Å²) >= 11 is 1.20. The fraction of sp³-hybridized carbons (Fsp3) is 0.143. The molecule has 8 nitrogen and oxygen atoms in total. The van der Waals surface area contributed by atoms with Crippen LogP contribution in [0.15, 0.2) is 86.1 Å². The van der Waals surface area contributed by atoms with Crippen LogP contribution < -0.4 is 14.9 Å². The number of rotatable bonds is 5. The number of carboxylic acid groups (broad SMARTS) is 1. The number of carbonyl (C=O) groups excluding carboxylic acids is 1. The van der Waals surface area contributed by atoms with Gasteiger partial charge in [-0.25, -0.2) is 14.6 Å². The molecule has 0 saturated heterocycles. The molecule has 5 rings (SSSR count). The number of fused-ring (bicyclic) bond motifs is 1. The first-order valence-corrected chi connectivity index (χ1v) is 12.2. The van der Waals surface area contributed by atoms with Crippen LogP contribution in [0.5, 0.6) is 0 Å². The lowest BCUT2D eigenvalue weighted by Crippen LogP contribution is -2.39. The van der Waals surface area contributed by atoms with E-state index < -0.39 is 18.0 Å². The summed E-state index contributed by atoms with van der Waals surface area (Å²) in [5.41, 5.74) is 2.92. The maximum absolute atomic E-state index is 13.6. The number of hydrogen-bond donors (Lipinski definition) is 1. The summed E-state index contributed by atoms with van der Waals surface area (Å²) in [6.45, 7) is 3.59. The second-order valence-electron chi connectivity index (χ2n) is 8.52. The number of aromatic nitrogens is 1. The minimum absolute atomic E-state index is 0.157. The normalized spacial score (nSPS) is 15.3. The first-order valence-electron chi connectivity index (χ1n) is 11.4. The summed E-state index contributed by atoms with van der Waals surface area (Å²) in [5, 5.41) is 9.34. The number of hydrogen-bond acceptors (Lipinski definition) is 7. The maximum atomic E-state index is 13.6. The van der Waals surface area contributed by atoms with Crippen molar-refractivity contribution in [1.29, 1.82) is 0 Å². The Bertz CT molecular complexity index is 1760. The van der Waals surface area contributed by atoms with Gasteiger partial charge in [-0.2, -0.15) is 0 Å². The van der Waals surface area contributed by atoms with Crippen LogP contribution >= 0.6 is 11.3 Å². The van der Waals surface area contributed by atoms with Gasteiger partial charge < -0.3 is 14.3 Å². The summed E-state index contributed by atoms with van der Waals surface area (Å²) in [6.07, 6.45) is 1.63. The highest BCUT2D eigenvalue weighted by Gasteiger charge is 2.32. The standard InChI is InChI=1S/C28H22N2O6S/c1-15-9-10-18(26(32)33)13-20(15)21-12-11-19(36-21)14-22-25(31)30-24(17-7-5-4-6-8-17)23(27(34)35-3)16(2)29-28(30)37-22/h4-14,24H,1-3H3,(H,32,33). The summed E-state index contributed by atoms with van der Waals surface area (Å²) in [5.74, 6) is -0.645. The SMILES string of the molecule is COC(=O)C1=C(C)N=c2sc(=Cc3ccc(-c4cc(C(=O)O)ccc4C)o3)c(=O)n2C1c1ccccc1. The third-order valence-electron chi connectivity index (χ3n) is 6.19. The van der Waals surface area contributed by atoms with Crippen LogP contribution in [0.2, 0.25) is 0 Å². The van der Waals surface area contributed by atoms with E-state index >= 15 is 0 Å². The lowest BCUT2D eigenvalue weighted by atomic mass is 9.96. The number of aryl methyl sites for hydroxylation is 1. The molecule has 9 heteroatoms. The van der Waals surface area contributed by atoms with Gasteiger partial charge in [-0.05, 0) is 49.2 Å². The van der Waals surface area contributed by atoms with Gasteiger partial charge in [-0.15, -0.1) is 0 Å². The molecule has 0 saturated carbocycles. The minimum Gasteiger partial charge on any atom is -0.478 e. The maximum Gasteiger partial charge on any atom is 0.338 e. The van der Waals surface area contributed by atoms with Gasteiger partial charge in [0.15, 0.2) is 4.80 Å². The van der Waals surface area contributed by atoms with E-state index in [1.165, 1.54) is 23.0 Å². The molecule has 0 amide bonds. The summed E-state index contributed by atoms with van der Waals surface area (Å²) in [7, 11) is 1.30. The number of ether oxygens (including phenoxy) is 1. The van der Waals surface area contributed by atoms with Gasteiger partial charge in [0.25, 0.3) is 5.56 Å². The van der Waals surface area contributed by atoms with Crippen LogP contribution in [0.3, 0.4) is 0 Å². The van der Waals surface area contributed by atoms with Gasteiger partial charge in [0.05, 0.1) is 34.5 Å². The van der Waals surface area contributed by atoms with Crippen molar-refractivity contribution >= 4 is 29.4 Å². The molecule has 1 aliphatic heterocycles. The van der Waals surface area contributed by atoms with E-state index in [9.17, 15) is 19.5 Å². The molecular weight excluding hydrogens is 492 g/mol. The second-order valence-corrected chi connectivity index (χ2v) is 9.53. The fourth-order valence-electron chi connectivity index (χ4n) is 4.37. The second kappa shape index (κ2) is 9.51. The van der Waals surface area contributed by atoms with Crippen LogP contribution in [-0.4, -0.2) is 28.7 Å². The third-order valence-corrected chi connectivity index (χ3v) is 7.18. The van der Waals surface area contributed by atoms with Gasteiger partial charge in [0, 0.05) is 11.6 Å². The Kier molecular flexibility index (Phi) is 6.22. The smallest absolute Gasteiger partial charge is 0.338 e. The number of aromatic carboxylic acids is 1. The van der Waals surface area contributed by atoms with Crippen molar-refractivity contribution in [2.24, 2.45) is 4.99 Å². The molecule has 0 fully saturated rings. The number of esters is 1. The highest BCUT2D eigenvalue weighted by atomic mass is 32.1. The van der Waals surface area contributed by atoms with E-state index in [2.05, 4.69) is 4.99 Å². The largest absolute Gasteiger partial charge is 0.478 e. The quantitative estimate of drug-likeness (QED) is 0.407. The molecular formula is C28H22N2O6S. The van der Waals surface area contributed by atoms with Crippen molar-refractivity contribution in [2.75, 3.05) is 7.11 Å². The van der Waals surface area contributed by atoms with E-state index in [0.717, 1.165) is 11.1 Å². The van der Waals surface area contributed by atoms with E-state index in [1.54, 1.807) is 43.3 Å². The zero-order valence-electron chi connectivity index (χ0n) is 20.2. The summed E-state index contributed by atoms with van der Waals surface area (Å²) < 4.78 is 12.9. The monoisotopic (exact) mass is 514 g/mol. The molecule has 3 heterocycles. The fourth-order valence-corrected chi connectivity index (χ4v) is 5.39. The predicted molar refractivity (Wildman–Crippen MR) is 138 cm³/mol. The molecule has 0 spiro atoms. The van der Waals surface area contributed by atoms with Crippen LogP contribution in [0, 0.1) is 6.92 Å². The molecule has 2 aromatic carbocycles. The molecule has 1 N–H and O–H groups in total. The molecule has 0 aliphatic carbocycles. The van der Waals surface area contributed by atoms with Gasteiger partial charge >= 0.3 is 11.9 Å². The Morgan fingerprint density at radius 2 is 1.86 bits per heavy atom. The molecule has 1 aliphatic rings. The molecule has 1 atom stereocenters. The van der Waals surface area contributed by atoms with Crippen LogP contribution in [0.25, 0.3) is 17.4 Å². The average molecular weight is 515 g/mol. The molecule has 0 bridgehead atoms. The van der Waals surface area contributed by atoms with Crippen molar-refractivity contribution < 1.29 is 23.8 Å². The Hall–Kier alpha value is -4.50. The minimum atomic E-state index is -1.02. The first-order chi connectivity index (χ1) is 17.8. The van der Waals surface area contributed by atoms with Crippen LogP contribution in [0.4, 0.5) is 0 Å². The highest BCUT2D eigenvalue weighted by Crippen LogP contribution is 2.30. The Balaban J connectivity index is 1.63. The molecule has 37 heavy (non-hydrogen) atoms. The lowest BCUT2D eigenvalue weighted by molar-refractivity contribution is -0.136. The molecule has 0 radical (unpaired) electrons. The van der Waals surface area contributed by atoms with Crippen LogP contribution in [-0.2, 0) is 9.53 Å². The van der Waals surface area contributed by atoms with Crippen molar-refractivity contribution in [3.63, 3.8) is 0 Å². The number of allylic oxidation sites excluding steroid dienone is 1. The highest BCUT2D eigenvalue weighted by molar-refractivity contribution is 7.07. The average Bonchev–Trinajstić information content (AvgIpc) is 3.47. The van der Waals surface area contributed by atoms with Gasteiger partial charge in [0.1, 0.15) is 11.5 Å².